The van der Waals surface area contributed by atoms with Gasteiger partial charge < -0.3 is 10.6 Å². The summed E-state index contributed by atoms with van der Waals surface area (Å²) in [5, 5.41) is 9.96. The zero-order valence-corrected chi connectivity index (χ0v) is 8.87. The van der Waals surface area contributed by atoms with Crippen molar-refractivity contribution in [3.8, 4) is 0 Å². The Morgan fingerprint density at radius 1 is 1.69 bits per heavy atom. The molecule has 2 heterocycles. The molecule has 1 aliphatic rings. The first-order valence-electron chi connectivity index (χ1n) is 4.59. The Hall–Kier alpha value is -0.610. The van der Waals surface area contributed by atoms with Crippen LogP contribution in [0, 0.1) is 6.92 Å². The summed E-state index contributed by atoms with van der Waals surface area (Å²) in [7, 11) is 0. The van der Waals surface area contributed by atoms with Gasteiger partial charge in [-0.3, -0.25) is 0 Å². The van der Waals surface area contributed by atoms with Crippen molar-refractivity contribution in [2.24, 2.45) is 0 Å². The summed E-state index contributed by atoms with van der Waals surface area (Å²) in [5.41, 5.74) is 1.30. The van der Waals surface area contributed by atoms with E-state index >= 15 is 0 Å². The number of anilines is 1. The smallest absolute Gasteiger partial charge is 0.183 e. The first kappa shape index (κ1) is 8.97. The lowest BCUT2D eigenvalue weighted by Crippen LogP contribution is -2.36. The van der Waals surface area contributed by atoms with Crippen LogP contribution < -0.4 is 10.6 Å². The molecule has 0 bridgehead atoms. The van der Waals surface area contributed by atoms with Crippen LogP contribution in [-0.2, 0) is 0 Å². The number of nitrogens with one attached hydrogen (secondary N) is 2. The molecule has 1 unspecified atom stereocenters. The van der Waals surface area contributed by atoms with Gasteiger partial charge in [0.25, 0.3) is 0 Å². The maximum absolute atomic E-state index is 4.40. The van der Waals surface area contributed by atoms with E-state index in [0.29, 0.717) is 0 Å². The predicted octanol–water partition coefficient (Wildman–Crippen LogP) is 1.62. The Bertz CT molecular complexity index is 289. The average Bonchev–Trinajstić information content (AvgIpc) is 2.62. The molecule has 1 aromatic heterocycles. The minimum absolute atomic E-state index is 0.199. The molecule has 1 fully saturated rings. The van der Waals surface area contributed by atoms with Gasteiger partial charge in [-0.05, 0) is 26.8 Å². The summed E-state index contributed by atoms with van der Waals surface area (Å²) in [6.07, 6.45) is 1.17. The van der Waals surface area contributed by atoms with Crippen LogP contribution in [0.25, 0.3) is 0 Å². The van der Waals surface area contributed by atoms with Crippen molar-refractivity contribution in [3.05, 3.63) is 11.1 Å². The molecule has 2 N–H and O–H groups in total. The number of aromatic nitrogens is 1. The largest absolute Gasteiger partial charge is 0.355 e. The molecule has 0 saturated carbocycles. The van der Waals surface area contributed by atoms with Crippen molar-refractivity contribution in [3.63, 3.8) is 0 Å². The minimum atomic E-state index is 0.199. The van der Waals surface area contributed by atoms with Crippen molar-refractivity contribution in [1.29, 1.82) is 0 Å². The van der Waals surface area contributed by atoms with Crippen LogP contribution in [0.15, 0.2) is 5.38 Å². The Balaban J connectivity index is 2.04. The van der Waals surface area contributed by atoms with E-state index in [9.17, 15) is 0 Å². The summed E-state index contributed by atoms with van der Waals surface area (Å²) in [4.78, 5) is 4.40. The molecular weight excluding hydrogens is 182 g/mol. The number of aryl methyl sites for hydroxylation is 1. The molecule has 1 aliphatic heterocycles. The fourth-order valence-electron chi connectivity index (χ4n) is 1.59. The van der Waals surface area contributed by atoms with Crippen molar-refractivity contribution in [1.82, 2.24) is 10.3 Å². The van der Waals surface area contributed by atoms with Crippen LogP contribution in [0.3, 0.4) is 0 Å². The van der Waals surface area contributed by atoms with Crippen LogP contribution in [0.4, 0.5) is 5.13 Å². The van der Waals surface area contributed by atoms with Crippen LogP contribution in [0.2, 0.25) is 0 Å². The summed E-state index contributed by atoms with van der Waals surface area (Å²) in [5.74, 6) is 0. The zero-order valence-electron chi connectivity index (χ0n) is 8.05. The highest BCUT2D eigenvalue weighted by Gasteiger charge is 2.28. The van der Waals surface area contributed by atoms with Gasteiger partial charge in [-0.2, -0.15) is 0 Å². The Kier molecular flexibility index (Phi) is 2.26. The second-order valence-corrected chi connectivity index (χ2v) is 4.76. The molecule has 0 spiro atoms. The Labute approximate surface area is 82.6 Å². The number of hydrogen-bond acceptors (Lipinski definition) is 4. The molecule has 0 radical (unpaired) electrons. The molecule has 2 rings (SSSR count). The van der Waals surface area contributed by atoms with Crippen molar-refractivity contribution in [2.45, 2.75) is 25.8 Å². The van der Waals surface area contributed by atoms with Gasteiger partial charge in [-0.15, -0.1) is 11.3 Å². The monoisotopic (exact) mass is 197 g/mol. The maximum Gasteiger partial charge on any atom is 0.183 e. The van der Waals surface area contributed by atoms with Crippen LogP contribution in [0.5, 0.6) is 0 Å². The maximum atomic E-state index is 4.40. The van der Waals surface area contributed by atoms with Crippen molar-refractivity contribution < 1.29 is 0 Å². The molecule has 4 heteroatoms. The predicted molar refractivity (Wildman–Crippen MR) is 56.4 cm³/mol. The minimum Gasteiger partial charge on any atom is -0.355 e. The molecule has 13 heavy (non-hydrogen) atoms. The van der Waals surface area contributed by atoms with E-state index < -0.39 is 0 Å². The van der Waals surface area contributed by atoms with Gasteiger partial charge >= 0.3 is 0 Å². The van der Waals surface area contributed by atoms with E-state index in [2.05, 4.69) is 27.9 Å². The third kappa shape index (κ3) is 2.00. The van der Waals surface area contributed by atoms with Crippen molar-refractivity contribution in [2.75, 3.05) is 18.4 Å². The molecule has 0 aromatic carbocycles. The van der Waals surface area contributed by atoms with E-state index in [1.807, 2.05) is 6.92 Å². The number of hydrogen-bond donors (Lipinski definition) is 2. The van der Waals surface area contributed by atoms with Gasteiger partial charge in [0.15, 0.2) is 5.13 Å². The molecule has 3 nitrogen and oxygen atoms in total. The van der Waals surface area contributed by atoms with E-state index in [4.69, 9.17) is 0 Å². The SMILES string of the molecule is Cc1csc(NC2(C)CCNC2)n1. The summed E-state index contributed by atoms with van der Waals surface area (Å²) >= 11 is 1.68. The fraction of sp³-hybridized carbons (Fsp3) is 0.667. The number of nitrogens with zero attached hydrogens (tertiary/aromatic N) is 1. The van der Waals surface area contributed by atoms with Crippen LogP contribution in [-0.4, -0.2) is 23.6 Å². The topological polar surface area (TPSA) is 37.0 Å². The van der Waals surface area contributed by atoms with E-state index in [1.54, 1.807) is 11.3 Å². The first-order valence-corrected chi connectivity index (χ1v) is 5.47. The highest BCUT2D eigenvalue weighted by atomic mass is 32.1. The number of thiazole rings is 1. The molecule has 0 aliphatic carbocycles. The second-order valence-electron chi connectivity index (χ2n) is 3.91. The van der Waals surface area contributed by atoms with Gasteiger partial charge in [0.1, 0.15) is 0 Å². The lowest BCUT2D eigenvalue weighted by Gasteiger charge is -2.23. The van der Waals surface area contributed by atoms with E-state index in [1.165, 1.54) is 6.42 Å². The van der Waals surface area contributed by atoms with Gasteiger partial charge in [0.05, 0.1) is 11.2 Å². The molecule has 72 valence electrons. The fourth-order valence-corrected chi connectivity index (χ4v) is 2.43. The highest BCUT2D eigenvalue weighted by molar-refractivity contribution is 7.13. The quantitative estimate of drug-likeness (QED) is 0.756. The molecule has 1 aromatic rings. The zero-order chi connectivity index (χ0) is 9.31. The lowest BCUT2D eigenvalue weighted by atomic mass is 10.0. The Morgan fingerprint density at radius 2 is 2.54 bits per heavy atom. The van der Waals surface area contributed by atoms with E-state index in [0.717, 1.165) is 23.9 Å². The van der Waals surface area contributed by atoms with Crippen LogP contribution in [0.1, 0.15) is 19.0 Å². The summed E-state index contributed by atoms with van der Waals surface area (Å²) < 4.78 is 0. The normalized spacial score (nSPS) is 27.8. The lowest BCUT2D eigenvalue weighted by molar-refractivity contribution is 0.566. The average molecular weight is 197 g/mol. The highest BCUT2D eigenvalue weighted by Crippen LogP contribution is 2.23. The summed E-state index contributed by atoms with van der Waals surface area (Å²) in [6, 6.07) is 0. The molecule has 1 saturated heterocycles. The van der Waals surface area contributed by atoms with Gasteiger partial charge in [-0.25, -0.2) is 4.98 Å². The first-order chi connectivity index (χ1) is 6.18. The Morgan fingerprint density at radius 3 is 3.08 bits per heavy atom. The molecule has 1 atom stereocenters. The van der Waals surface area contributed by atoms with Gasteiger partial charge in [0.2, 0.25) is 0 Å². The van der Waals surface area contributed by atoms with Crippen molar-refractivity contribution >= 4 is 16.5 Å². The van der Waals surface area contributed by atoms with Crippen LogP contribution >= 0.6 is 11.3 Å². The standard InChI is InChI=1S/C9H15N3S/c1-7-5-13-8(11-7)12-9(2)3-4-10-6-9/h5,10H,3-4,6H2,1-2H3,(H,11,12). The molecule has 0 amide bonds. The van der Waals surface area contributed by atoms with Gasteiger partial charge in [-0.1, -0.05) is 0 Å². The summed E-state index contributed by atoms with van der Waals surface area (Å²) in [6.45, 7) is 6.40. The number of rotatable bonds is 2. The third-order valence-corrected chi connectivity index (χ3v) is 3.27. The van der Waals surface area contributed by atoms with Gasteiger partial charge in [0, 0.05) is 11.9 Å². The molecular formula is C9H15N3S. The third-order valence-electron chi connectivity index (χ3n) is 2.40. The van der Waals surface area contributed by atoms with E-state index in [-0.39, 0.29) is 5.54 Å². The second kappa shape index (κ2) is 3.27.